The molecule has 1 N–H and O–H groups in total. The van der Waals surface area contributed by atoms with E-state index in [1.54, 1.807) is 22.7 Å². The van der Waals surface area contributed by atoms with Crippen LogP contribution in [0.3, 0.4) is 0 Å². The van der Waals surface area contributed by atoms with Gasteiger partial charge in [0.05, 0.1) is 29.2 Å². The van der Waals surface area contributed by atoms with Crippen LogP contribution in [0.1, 0.15) is 58.7 Å². The first-order chi connectivity index (χ1) is 15.0. The number of aryl methyl sites for hydroxylation is 3. The molecule has 170 valence electrons. The molecule has 0 bridgehead atoms. The second kappa shape index (κ2) is 8.20. The number of nitrogens with one attached hydrogen (secondary N) is 1. The summed E-state index contributed by atoms with van der Waals surface area (Å²) in [7, 11) is -3.52. The summed E-state index contributed by atoms with van der Waals surface area (Å²) < 4.78 is 28.0. The van der Waals surface area contributed by atoms with Gasteiger partial charge in [-0.05, 0) is 57.2 Å². The molecule has 4 rings (SSSR count). The Morgan fingerprint density at radius 3 is 2.66 bits per heavy atom. The molecule has 1 fully saturated rings. The number of hydrogen-bond donors (Lipinski definition) is 1. The van der Waals surface area contributed by atoms with Crippen LogP contribution in [0.5, 0.6) is 0 Å². The van der Waals surface area contributed by atoms with Gasteiger partial charge < -0.3 is 4.90 Å². The minimum atomic E-state index is -3.52. The number of hydrogen-bond acceptors (Lipinski definition) is 5. The zero-order valence-electron chi connectivity index (χ0n) is 19.1. The molecular formula is C23H29N5O3S. The van der Waals surface area contributed by atoms with Crippen molar-refractivity contribution in [3.63, 3.8) is 0 Å². The molecule has 1 aliphatic rings. The molecule has 0 radical (unpaired) electrons. The van der Waals surface area contributed by atoms with Gasteiger partial charge in [0.1, 0.15) is 0 Å². The van der Waals surface area contributed by atoms with E-state index in [0.29, 0.717) is 17.8 Å². The van der Waals surface area contributed by atoms with E-state index in [4.69, 9.17) is 5.10 Å². The number of piperidine rings is 1. The summed E-state index contributed by atoms with van der Waals surface area (Å²) in [6, 6.07) is 6.91. The van der Waals surface area contributed by atoms with Gasteiger partial charge in [-0.15, -0.1) is 0 Å². The van der Waals surface area contributed by atoms with E-state index >= 15 is 0 Å². The third-order valence-electron chi connectivity index (χ3n) is 6.10. The van der Waals surface area contributed by atoms with Crippen LogP contribution in [0.2, 0.25) is 0 Å². The van der Waals surface area contributed by atoms with E-state index in [0.717, 1.165) is 47.3 Å². The van der Waals surface area contributed by atoms with Crippen LogP contribution in [0.4, 0.5) is 5.69 Å². The molecule has 2 unspecified atom stereocenters. The van der Waals surface area contributed by atoms with Crippen molar-refractivity contribution < 1.29 is 13.2 Å². The van der Waals surface area contributed by atoms with Crippen molar-refractivity contribution in [3.8, 4) is 0 Å². The van der Waals surface area contributed by atoms with E-state index in [-0.39, 0.29) is 17.9 Å². The van der Waals surface area contributed by atoms with Gasteiger partial charge >= 0.3 is 0 Å². The van der Waals surface area contributed by atoms with E-state index < -0.39 is 10.0 Å². The standard InChI is InChI=1S/C23H29N5O3S/c1-14-8-9-19(26-32(5,30)31)18(11-14)23(29)27-10-6-7-15(2)22(27)20-12-21-24-17(4)16(3)13-28(21)25-20/h8-9,11-13,15,22,26H,6-7,10H2,1-5H3. The Hall–Kier alpha value is -2.94. The van der Waals surface area contributed by atoms with Gasteiger partial charge in [0.15, 0.2) is 5.65 Å². The van der Waals surface area contributed by atoms with Crippen LogP contribution in [0.15, 0.2) is 30.5 Å². The normalized spacial score (nSPS) is 19.3. The number of likely N-dealkylation sites (tertiary alicyclic amines) is 1. The highest BCUT2D eigenvalue weighted by molar-refractivity contribution is 7.92. The summed E-state index contributed by atoms with van der Waals surface area (Å²) in [5.41, 5.74) is 5.08. The van der Waals surface area contributed by atoms with Crippen molar-refractivity contribution in [3.05, 3.63) is 58.5 Å². The first-order valence-corrected chi connectivity index (χ1v) is 12.7. The summed E-state index contributed by atoms with van der Waals surface area (Å²) in [6.45, 7) is 8.56. The Morgan fingerprint density at radius 1 is 1.19 bits per heavy atom. The maximum absolute atomic E-state index is 13.8. The Balaban J connectivity index is 1.77. The lowest BCUT2D eigenvalue weighted by Gasteiger charge is -2.39. The maximum Gasteiger partial charge on any atom is 0.256 e. The number of amides is 1. The van der Waals surface area contributed by atoms with Crippen LogP contribution in [0.25, 0.3) is 5.65 Å². The van der Waals surface area contributed by atoms with Crippen LogP contribution in [0, 0.1) is 26.7 Å². The predicted octanol–water partition coefficient (Wildman–Crippen LogP) is 3.64. The minimum Gasteiger partial charge on any atom is -0.330 e. The Morgan fingerprint density at radius 2 is 1.94 bits per heavy atom. The van der Waals surface area contributed by atoms with Crippen molar-refractivity contribution in [2.24, 2.45) is 5.92 Å². The van der Waals surface area contributed by atoms with Crippen LogP contribution in [-0.4, -0.2) is 46.6 Å². The van der Waals surface area contributed by atoms with Crippen molar-refractivity contribution >= 4 is 27.3 Å². The Bertz CT molecular complexity index is 1260. The van der Waals surface area contributed by atoms with Crippen LogP contribution >= 0.6 is 0 Å². The molecule has 1 amide bonds. The number of fused-ring (bicyclic) bond motifs is 1. The first kappa shape index (κ1) is 22.3. The predicted molar refractivity (Wildman–Crippen MR) is 124 cm³/mol. The molecule has 9 heteroatoms. The molecule has 1 aliphatic heterocycles. The molecule has 0 aliphatic carbocycles. The van der Waals surface area contributed by atoms with E-state index in [9.17, 15) is 13.2 Å². The number of carbonyl (C=O) groups excluding carboxylic acids is 1. The summed E-state index contributed by atoms with van der Waals surface area (Å²) in [6.07, 6.45) is 4.90. The molecule has 2 aromatic heterocycles. The van der Waals surface area contributed by atoms with Gasteiger partial charge in [-0.1, -0.05) is 18.6 Å². The molecule has 1 saturated heterocycles. The second-order valence-electron chi connectivity index (χ2n) is 8.87. The highest BCUT2D eigenvalue weighted by atomic mass is 32.2. The fraction of sp³-hybridized carbons (Fsp3) is 0.435. The van der Waals surface area contributed by atoms with Gasteiger partial charge in [0.25, 0.3) is 5.91 Å². The van der Waals surface area contributed by atoms with Gasteiger partial charge in [-0.2, -0.15) is 5.10 Å². The molecule has 1 aromatic carbocycles. The lowest BCUT2D eigenvalue weighted by molar-refractivity contribution is 0.0505. The Labute approximate surface area is 188 Å². The van der Waals surface area contributed by atoms with Crippen LogP contribution < -0.4 is 4.72 Å². The highest BCUT2D eigenvalue weighted by Gasteiger charge is 2.36. The number of nitrogens with zero attached hydrogens (tertiary/aromatic N) is 4. The van der Waals surface area contributed by atoms with Gasteiger partial charge in [-0.3, -0.25) is 9.52 Å². The lowest BCUT2D eigenvalue weighted by Crippen LogP contribution is -2.42. The molecule has 8 nitrogen and oxygen atoms in total. The van der Waals surface area contributed by atoms with Crippen molar-refractivity contribution in [1.29, 1.82) is 0 Å². The monoisotopic (exact) mass is 455 g/mol. The third-order valence-corrected chi connectivity index (χ3v) is 6.69. The molecule has 3 aromatic rings. The molecule has 3 heterocycles. The van der Waals surface area contributed by atoms with E-state index in [1.807, 2.05) is 37.9 Å². The zero-order valence-corrected chi connectivity index (χ0v) is 19.9. The third kappa shape index (κ3) is 4.34. The topological polar surface area (TPSA) is 96.7 Å². The van der Waals surface area contributed by atoms with Crippen molar-refractivity contribution in [2.75, 3.05) is 17.5 Å². The minimum absolute atomic E-state index is 0.200. The summed E-state index contributed by atoms with van der Waals surface area (Å²) in [5, 5.41) is 4.76. The molecule has 2 atom stereocenters. The zero-order chi connectivity index (χ0) is 23.2. The number of sulfonamides is 1. The average Bonchev–Trinajstić information content (AvgIpc) is 3.10. The largest absolute Gasteiger partial charge is 0.330 e. The van der Waals surface area contributed by atoms with Gasteiger partial charge in [-0.25, -0.2) is 17.9 Å². The SMILES string of the molecule is Cc1ccc(NS(C)(=O)=O)c(C(=O)N2CCCC(C)C2c2cc3nc(C)c(C)cn3n2)c1. The van der Waals surface area contributed by atoms with E-state index in [2.05, 4.69) is 16.6 Å². The van der Waals surface area contributed by atoms with Gasteiger partial charge in [0, 0.05) is 24.5 Å². The van der Waals surface area contributed by atoms with E-state index in [1.165, 1.54) is 0 Å². The maximum atomic E-state index is 13.8. The molecule has 0 spiro atoms. The quantitative estimate of drug-likeness (QED) is 0.648. The van der Waals surface area contributed by atoms with Gasteiger partial charge in [0.2, 0.25) is 10.0 Å². The molecule has 32 heavy (non-hydrogen) atoms. The fourth-order valence-corrected chi connectivity index (χ4v) is 4.99. The highest BCUT2D eigenvalue weighted by Crippen LogP contribution is 2.37. The number of carbonyl (C=O) groups is 1. The van der Waals surface area contributed by atoms with Crippen LogP contribution in [-0.2, 0) is 10.0 Å². The molecular weight excluding hydrogens is 426 g/mol. The first-order valence-electron chi connectivity index (χ1n) is 10.8. The summed E-state index contributed by atoms with van der Waals surface area (Å²) in [4.78, 5) is 20.2. The van der Waals surface area contributed by atoms with Crippen molar-refractivity contribution in [2.45, 2.75) is 46.6 Å². The summed E-state index contributed by atoms with van der Waals surface area (Å²) in [5.74, 6) is 0.00436. The Kier molecular flexibility index (Phi) is 5.70. The number of benzene rings is 1. The second-order valence-corrected chi connectivity index (χ2v) is 10.6. The van der Waals surface area contributed by atoms with Crippen molar-refractivity contribution in [1.82, 2.24) is 19.5 Å². The lowest BCUT2D eigenvalue weighted by atomic mass is 9.88. The average molecular weight is 456 g/mol. The number of anilines is 1. The smallest absolute Gasteiger partial charge is 0.256 e. The number of rotatable bonds is 4. The molecule has 0 saturated carbocycles. The number of aromatic nitrogens is 3. The fourth-order valence-electron chi connectivity index (χ4n) is 4.41. The summed E-state index contributed by atoms with van der Waals surface area (Å²) >= 11 is 0.